The van der Waals surface area contributed by atoms with Gasteiger partial charge in [0.15, 0.2) is 6.29 Å². The van der Waals surface area contributed by atoms with Crippen molar-refractivity contribution in [3.05, 3.63) is 87.5 Å². The molecule has 0 spiro atoms. The summed E-state index contributed by atoms with van der Waals surface area (Å²) < 4.78 is 0. The topological polar surface area (TPSA) is 60.2 Å². The molecule has 0 fully saturated rings. The molecule has 0 atom stereocenters. The van der Waals surface area contributed by atoms with E-state index in [-0.39, 0.29) is 5.69 Å². The number of carbonyl (C=O) groups excluding carboxylic acids is 1. The van der Waals surface area contributed by atoms with Crippen LogP contribution in [0.5, 0.6) is 0 Å². The van der Waals surface area contributed by atoms with Crippen molar-refractivity contribution >= 4 is 12.0 Å². The molecule has 0 aliphatic heterocycles. The van der Waals surface area contributed by atoms with Gasteiger partial charge in [-0.15, -0.1) is 0 Å². The Balaban J connectivity index is 2.43. The number of benzene rings is 3. The average Bonchev–Trinajstić information content (AvgIpc) is 2.61. The lowest BCUT2D eigenvalue weighted by molar-refractivity contribution is -0.383. The summed E-state index contributed by atoms with van der Waals surface area (Å²) in [4.78, 5) is 23.2. The van der Waals surface area contributed by atoms with Crippen LogP contribution in [0.15, 0.2) is 60.7 Å². The second-order valence-electron chi connectivity index (χ2n) is 5.93. The van der Waals surface area contributed by atoms with Crippen molar-refractivity contribution in [1.29, 1.82) is 0 Å². The summed E-state index contributed by atoms with van der Waals surface area (Å²) in [5.41, 5.74) is 4.50. The first-order valence-electron chi connectivity index (χ1n) is 7.93. The minimum atomic E-state index is -0.392. The van der Waals surface area contributed by atoms with Gasteiger partial charge in [-0.05, 0) is 48.2 Å². The van der Waals surface area contributed by atoms with E-state index in [0.717, 1.165) is 16.7 Å². The molecule has 0 unspecified atom stereocenters. The molecule has 4 nitrogen and oxygen atoms in total. The van der Waals surface area contributed by atoms with Crippen LogP contribution in [0.1, 0.15) is 21.5 Å². The van der Waals surface area contributed by atoms with Crippen molar-refractivity contribution in [2.24, 2.45) is 0 Å². The molecule has 0 amide bonds. The number of rotatable bonds is 4. The van der Waals surface area contributed by atoms with E-state index in [9.17, 15) is 14.9 Å². The molecule has 3 rings (SSSR count). The maximum Gasteiger partial charge on any atom is 0.285 e. The quantitative estimate of drug-likeness (QED) is 0.367. The number of nitro benzene ring substituents is 1. The molecule has 124 valence electrons. The van der Waals surface area contributed by atoms with Gasteiger partial charge in [0.1, 0.15) is 0 Å². The van der Waals surface area contributed by atoms with Crippen LogP contribution >= 0.6 is 0 Å². The first-order valence-corrected chi connectivity index (χ1v) is 7.93. The molecule has 4 heteroatoms. The fourth-order valence-electron chi connectivity index (χ4n) is 3.12. The normalized spacial score (nSPS) is 10.5. The number of aryl methyl sites for hydroxylation is 2. The lowest BCUT2D eigenvalue weighted by Crippen LogP contribution is -2.01. The fraction of sp³-hybridized carbons (Fsp3) is 0.0952. The number of aldehydes is 1. The molecule has 0 heterocycles. The molecule has 0 saturated carbocycles. The first-order chi connectivity index (χ1) is 12.0. The predicted molar refractivity (Wildman–Crippen MR) is 98.8 cm³/mol. The first kappa shape index (κ1) is 16.6. The zero-order chi connectivity index (χ0) is 18.0. The van der Waals surface area contributed by atoms with Crippen LogP contribution in [0.4, 0.5) is 5.69 Å². The van der Waals surface area contributed by atoms with Crippen molar-refractivity contribution in [3.8, 4) is 22.3 Å². The van der Waals surface area contributed by atoms with E-state index in [1.165, 1.54) is 0 Å². The van der Waals surface area contributed by atoms with E-state index >= 15 is 0 Å². The minimum absolute atomic E-state index is 0.0341. The molecule has 0 aliphatic rings. The Hall–Kier alpha value is -3.27. The molecule has 25 heavy (non-hydrogen) atoms. The van der Waals surface area contributed by atoms with E-state index in [1.807, 2.05) is 62.4 Å². The summed E-state index contributed by atoms with van der Waals surface area (Å²) in [6.45, 7) is 3.80. The number of hydrogen-bond acceptors (Lipinski definition) is 3. The Labute approximate surface area is 145 Å². The van der Waals surface area contributed by atoms with Gasteiger partial charge in [0.25, 0.3) is 5.69 Å². The summed E-state index contributed by atoms with van der Waals surface area (Å²) in [6.07, 6.45) is 0.677. The lowest BCUT2D eigenvalue weighted by Gasteiger charge is -2.14. The van der Waals surface area contributed by atoms with E-state index < -0.39 is 4.92 Å². The summed E-state index contributed by atoms with van der Waals surface area (Å²) in [6, 6.07) is 18.2. The highest BCUT2D eigenvalue weighted by molar-refractivity contribution is 5.98. The Morgan fingerprint density at radius 3 is 1.88 bits per heavy atom. The summed E-state index contributed by atoms with van der Waals surface area (Å²) in [7, 11) is 0. The molecule has 3 aromatic rings. The maximum atomic E-state index is 12.0. The van der Waals surface area contributed by atoms with Crippen LogP contribution in [-0.2, 0) is 0 Å². The van der Waals surface area contributed by atoms with E-state index in [2.05, 4.69) is 0 Å². The Bertz CT molecular complexity index is 977. The molecule has 0 aliphatic carbocycles. The molecule has 0 N–H and O–H groups in total. The van der Waals surface area contributed by atoms with Crippen molar-refractivity contribution in [2.45, 2.75) is 13.8 Å². The maximum absolute atomic E-state index is 12.0. The number of carbonyl (C=O) groups is 1. The van der Waals surface area contributed by atoms with Crippen molar-refractivity contribution < 1.29 is 9.72 Å². The van der Waals surface area contributed by atoms with Gasteiger partial charge in [-0.1, -0.05) is 48.5 Å². The van der Waals surface area contributed by atoms with E-state index in [1.54, 1.807) is 12.1 Å². The monoisotopic (exact) mass is 331 g/mol. The van der Waals surface area contributed by atoms with Crippen molar-refractivity contribution in [2.75, 3.05) is 0 Å². The molecule has 0 bridgehead atoms. The van der Waals surface area contributed by atoms with Gasteiger partial charge in [-0.25, -0.2) is 0 Å². The third kappa shape index (κ3) is 2.94. The number of hydrogen-bond donors (Lipinski definition) is 0. The van der Waals surface area contributed by atoms with Gasteiger partial charge < -0.3 is 0 Å². The smallest absolute Gasteiger partial charge is 0.285 e. The highest BCUT2D eigenvalue weighted by Crippen LogP contribution is 2.42. The predicted octanol–water partition coefficient (Wildman–Crippen LogP) is 5.36. The fourth-order valence-corrected chi connectivity index (χ4v) is 3.12. The van der Waals surface area contributed by atoms with Gasteiger partial charge in [0.2, 0.25) is 0 Å². The summed E-state index contributed by atoms with van der Waals surface area (Å²) >= 11 is 0. The average molecular weight is 331 g/mol. The SMILES string of the molecule is Cc1ccccc1-c1ccc(C=O)c(-c2ccccc2C)c1[N+](=O)[O-]. The minimum Gasteiger partial charge on any atom is -0.298 e. The second kappa shape index (κ2) is 6.69. The third-order valence-electron chi connectivity index (χ3n) is 4.37. The third-order valence-corrected chi connectivity index (χ3v) is 4.37. The van der Waals surface area contributed by atoms with Crippen molar-refractivity contribution in [3.63, 3.8) is 0 Å². The van der Waals surface area contributed by atoms with Crippen molar-refractivity contribution in [1.82, 2.24) is 0 Å². The Kier molecular flexibility index (Phi) is 4.44. The summed E-state index contributed by atoms with van der Waals surface area (Å²) in [5, 5.41) is 12.0. The summed E-state index contributed by atoms with van der Waals surface area (Å²) in [5.74, 6) is 0. The molecular weight excluding hydrogens is 314 g/mol. The lowest BCUT2D eigenvalue weighted by atomic mass is 9.89. The highest BCUT2D eigenvalue weighted by Gasteiger charge is 2.26. The van der Waals surface area contributed by atoms with Gasteiger partial charge >= 0.3 is 0 Å². The zero-order valence-electron chi connectivity index (χ0n) is 14.0. The largest absolute Gasteiger partial charge is 0.298 e. The zero-order valence-corrected chi connectivity index (χ0v) is 14.0. The van der Waals surface area contributed by atoms with Crippen LogP contribution in [-0.4, -0.2) is 11.2 Å². The van der Waals surface area contributed by atoms with Gasteiger partial charge in [0, 0.05) is 5.56 Å². The van der Waals surface area contributed by atoms with E-state index in [4.69, 9.17) is 0 Å². The van der Waals surface area contributed by atoms with Crippen LogP contribution in [0.3, 0.4) is 0 Å². The Morgan fingerprint density at radius 1 is 0.800 bits per heavy atom. The van der Waals surface area contributed by atoms with Gasteiger partial charge in [-0.2, -0.15) is 0 Å². The molecule has 3 aromatic carbocycles. The Morgan fingerprint density at radius 2 is 1.36 bits per heavy atom. The van der Waals surface area contributed by atoms with Crippen LogP contribution in [0, 0.1) is 24.0 Å². The molecule has 0 aromatic heterocycles. The number of nitrogens with zero attached hydrogens (tertiary/aromatic N) is 1. The standard InChI is InChI=1S/C21H17NO3/c1-14-7-3-5-9-17(14)19-12-11-16(13-23)20(21(19)22(24)25)18-10-6-4-8-15(18)2/h3-13H,1-2H3. The second-order valence-corrected chi connectivity index (χ2v) is 5.93. The van der Waals surface area contributed by atoms with Gasteiger partial charge in [-0.3, -0.25) is 14.9 Å². The molecular formula is C21H17NO3. The van der Waals surface area contributed by atoms with Gasteiger partial charge in [0.05, 0.1) is 16.1 Å². The molecule has 0 radical (unpaired) electrons. The number of nitro groups is 1. The molecule has 0 saturated heterocycles. The van der Waals surface area contributed by atoms with E-state index in [0.29, 0.717) is 28.5 Å². The van der Waals surface area contributed by atoms with Crippen LogP contribution in [0.25, 0.3) is 22.3 Å². The van der Waals surface area contributed by atoms with Crippen LogP contribution < -0.4 is 0 Å². The van der Waals surface area contributed by atoms with Crippen LogP contribution in [0.2, 0.25) is 0 Å². The highest BCUT2D eigenvalue weighted by atomic mass is 16.6.